The van der Waals surface area contributed by atoms with Gasteiger partial charge in [-0.3, -0.25) is 14.6 Å². The molecule has 0 aliphatic rings. The molecular weight excluding hydrogens is 342 g/mol. The quantitative estimate of drug-likeness (QED) is 0.784. The van der Waals surface area contributed by atoms with E-state index in [9.17, 15) is 18.4 Å². The van der Waals surface area contributed by atoms with Crippen LogP contribution in [0.25, 0.3) is 0 Å². The fourth-order valence-electron chi connectivity index (χ4n) is 2.41. The van der Waals surface area contributed by atoms with Gasteiger partial charge in [-0.05, 0) is 43.2 Å². The molecule has 0 atom stereocenters. The van der Waals surface area contributed by atoms with Gasteiger partial charge in [-0.2, -0.15) is 0 Å². The van der Waals surface area contributed by atoms with Crippen LogP contribution in [0.2, 0.25) is 0 Å². The number of alkyl halides is 2. The zero-order chi connectivity index (χ0) is 19.1. The maximum Gasteiger partial charge on any atom is 0.272 e. The lowest BCUT2D eigenvalue weighted by molar-refractivity contribution is -0.116. The fourth-order valence-corrected chi connectivity index (χ4v) is 2.41. The van der Waals surface area contributed by atoms with E-state index < -0.39 is 13.0 Å². The van der Waals surface area contributed by atoms with Crippen molar-refractivity contribution >= 4 is 11.7 Å². The van der Waals surface area contributed by atoms with Crippen LogP contribution >= 0.6 is 0 Å². The van der Waals surface area contributed by atoms with Gasteiger partial charge in [0.1, 0.15) is 18.1 Å². The van der Waals surface area contributed by atoms with Gasteiger partial charge in [0.25, 0.3) is 12.3 Å². The van der Waals surface area contributed by atoms with Gasteiger partial charge in [-0.1, -0.05) is 12.1 Å². The number of carbonyl (C=O) groups is 2. The summed E-state index contributed by atoms with van der Waals surface area (Å²) in [6, 6.07) is 8.23. The lowest BCUT2D eigenvalue weighted by Gasteiger charge is -2.13. The molecule has 0 radical (unpaired) electrons. The minimum atomic E-state index is -2.55. The second-order valence-corrected chi connectivity index (χ2v) is 5.84. The summed E-state index contributed by atoms with van der Waals surface area (Å²) < 4.78 is 29.7. The van der Waals surface area contributed by atoms with Crippen molar-refractivity contribution in [2.75, 3.05) is 6.61 Å². The van der Waals surface area contributed by atoms with Crippen LogP contribution in [0.5, 0.6) is 5.75 Å². The number of ketones is 1. The Morgan fingerprint density at radius 3 is 2.73 bits per heavy atom. The number of benzene rings is 1. The maximum absolute atomic E-state index is 12.3. The Bertz CT molecular complexity index is 794. The number of amides is 1. The van der Waals surface area contributed by atoms with Crippen molar-refractivity contribution in [2.45, 2.75) is 33.2 Å². The van der Waals surface area contributed by atoms with Crippen LogP contribution in [0.3, 0.4) is 0 Å². The molecule has 0 saturated heterocycles. The van der Waals surface area contributed by atoms with Gasteiger partial charge in [-0.25, -0.2) is 8.78 Å². The van der Waals surface area contributed by atoms with Gasteiger partial charge in [0.05, 0.1) is 0 Å². The van der Waals surface area contributed by atoms with Gasteiger partial charge < -0.3 is 10.1 Å². The number of ether oxygens (including phenoxy) is 1. The molecule has 2 rings (SSSR count). The van der Waals surface area contributed by atoms with Crippen molar-refractivity contribution in [2.24, 2.45) is 0 Å². The van der Waals surface area contributed by atoms with Crippen LogP contribution in [0.1, 0.15) is 34.1 Å². The van der Waals surface area contributed by atoms with Crippen LogP contribution in [0, 0.1) is 6.92 Å². The first kappa shape index (κ1) is 19.5. The maximum atomic E-state index is 12.3. The van der Waals surface area contributed by atoms with E-state index in [4.69, 9.17) is 4.74 Å². The van der Waals surface area contributed by atoms with E-state index in [1.807, 2.05) is 0 Å². The summed E-state index contributed by atoms with van der Waals surface area (Å²) in [5.41, 5.74) is 2.39. The standard InChI is InChI=1S/C19H20F2N2O3/c1-12(24)8-16-9-14(6-7-22-16)19(25)23-10-15-4-3-5-17(13(15)2)26-11-18(20)21/h3-7,9,18H,8,10-11H2,1-2H3,(H,23,25). The average Bonchev–Trinajstić information content (AvgIpc) is 2.59. The molecule has 7 heteroatoms. The second-order valence-electron chi connectivity index (χ2n) is 5.84. The molecule has 1 aromatic carbocycles. The third kappa shape index (κ3) is 5.61. The van der Waals surface area contributed by atoms with Crippen LogP contribution < -0.4 is 10.1 Å². The highest BCUT2D eigenvalue weighted by Crippen LogP contribution is 2.22. The summed E-state index contributed by atoms with van der Waals surface area (Å²) in [6.07, 6.45) is -0.894. The number of halogens is 2. The Kier molecular flexibility index (Phi) is 6.77. The number of hydrogen-bond donors (Lipinski definition) is 1. The molecule has 1 amide bonds. The number of carbonyl (C=O) groups excluding carboxylic acids is 2. The van der Waals surface area contributed by atoms with Crippen molar-refractivity contribution in [3.05, 3.63) is 58.9 Å². The second kappa shape index (κ2) is 9.03. The van der Waals surface area contributed by atoms with E-state index in [-0.39, 0.29) is 24.7 Å². The lowest BCUT2D eigenvalue weighted by atomic mass is 10.1. The number of rotatable bonds is 8. The molecule has 138 valence electrons. The summed E-state index contributed by atoms with van der Waals surface area (Å²) in [5, 5.41) is 2.77. The number of nitrogens with one attached hydrogen (secondary N) is 1. The van der Waals surface area contributed by atoms with Crippen LogP contribution in [-0.2, 0) is 17.8 Å². The van der Waals surface area contributed by atoms with E-state index in [1.165, 1.54) is 13.1 Å². The summed E-state index contributed by atoms with van der Waals surface area (Å²) in [4.78, 5) is 27.5. The Morgan fingerprint density at radius 1 is 1.27 bits per heavy atom. The molecule has 0 unspecified atom stereocenters. The summed E-state index contributed by atoms with van der Waals surface area (Å²) in [5.74, 6) is 0.0199. The van der Waals surface area contributed by atoms with Crippen molar-refractivity contribution in [3.8, 4) is 5.75 Å². The van der Waals surface area contributed by atoms with E-state index in [0.29, 0.717) is 22.6 Å². The van der Waals surface area contributed by atoms with Crippen LogP contribution in [0.15, 0.2) is 36.5 Å². The highest BCUT2D eigenvalue weighted by Gasteiger charge is 2.11. The Morgan fingerprint density at radius 2 is 2.04 bits per heavy atom. The first-order valence-electron chi connectivity index (χ1n) is 8.09. The summed E-state index contributed by atoms with van der Waals surface area (Å²) >= 11 is 0. The lowest BCUT2D eigenvalue weighted by Crippen LogP contribution is -2.23. The van der Waals surface area contributed by atoms with E-state index in [2.05, 4.69) is 10.3 Å². The number of pyridine rings is 1. The Hall–Kier alpha value is -2.83. The molecule has 2 aromatic rings. The predicted molar refractivity (Wildman–Crippen MR) is 92.5 cm³/mol. The number of Topliss-reactive ketones (excluding diaryl/α,β-unsaturated/α-hetero) is 1. The van der Waals surface area contributed by atoms with E-state index >= 15 is 0 Å². The van der Waals surface area contributed by atoms with Gasteiger partial charge in [-0.15, -0.1) is 0 Å². The topological polar surface area (TPSA) is 68.3 Å². The molecule has 0 fully saturated rings. The smallest absolute Gasteiger partial charge is 0.272 e. The van der Waals surface area contributed by atoms with E-state index in [0.717, 1.165) is 5.56 Å². The minimum Gasteiger partial charge on any atom is -0.487 e. The van der Waals surface area contributed by atoms with Crippen molar-refractivity contribution in [1.29, 1.82) is 0 Å². The number of nitrogens with zero attached hydrogens (tertiary/aromatic N) is 1. The first-order chi connectivity index (χ1) is 12.4. The molecule has 0 bridgehead atoms. The molecule has 0 saturated carbocycles. The van der Waals surface area contributed by atoms with Crippen molar-refractivity contribution in [3.63, 3.8) is 0 Å². The van der Waals surface area contributed by atoms with Gasteiger partial charge in [0.15, 0.2) is 0 Å². The zero-order valence-corrected chi connectivity index (χ0v) is 14.6. The average molecular weight is 362 g/mol. The SMILES string of the molecule is CC(=O)Cc1cc(C(=O)NCc2cccc(OCC(F)F)c2C)ccn1. The number of aromatic nitrogens is 1. The highest BCUT2D eigenvalue weighted by molar-refractivity contribution is 5.94. The molecule has 26 heavy (non-hydrogen) atoms. The zero-order valence-electron chi connectivity index (χ0n) is 14.6. The normalized spacial score (nSPS) is 10.7. The summed E-state index contributed by atoms with van der Waals surface area (Å²) in [6.45, 7) is 2.76. The van der Waals surface area contributed by atoms with Crippen molar-refractivity contribution in [1.82, 2.24) is 10.3 Å². The molecular formula is C19H20F2N2O3. The van der Waals surface area contributed by atoms with Gasteiger partial charge in [0.2, 0.25) is 0 Å². The van der Waals surface area contributed by atoms with Crippen molar-refractivity contribution < 1.29 is 23.1 Å². The third-order valence-corrected chi connectivity index (χ3v) is 3.71. The third-order valence-electron chi connectivity index (χ3n) is 3.71. The first-order valence-corrected chi connectivity index (χ1v) is 8.09. The predicted octanol–water partition coefficient (Wildman–Crippen LogP) is 3.10. The van der Waals surface area contributed by atoms with Gasteiger partial charge >= 0.3 is 0 Å². The summed E-state index contributed by atoms with van der Waals surface area (Å²) in [7, 11) is 0. The molecule has 5 nitrogen and oxygen atoms in total. The molecule has 0 spiro atoms. The molecule has 1 N–H and O–H groups in total. The highest BCUT2D eigenvalue weighted by atomic mass is 19.3. The van der Waals surface area contributed by atoms with Crippen LogP contribution in [0.4, 0.5) is 8.78 Å². The van der Waals surface area contributed by atoms with Gasteiger partial charge in [0, 0.05) is 30.4 Å². The molecule has 0 aliphatic carbocycles. The largest absolute Gasteiger partial charge is 0.487 e. The van der Waals surface area contributed by atoms with Crippen LogP contribution in [-0.4, -0.2) is 29.7 Å². The Labute approximate surface area is 150 Å². The van der Waals surface area contributed by atoms with E-state index in [1.54, 1.807) is 37.3 Å². The molecule has 1 aromatic heterocycles. The molecule has 0 aliphatic heterocycles. The number of hydrogen-bond acceptors (Lipinski definition) is 4. The monoisotopic (exact) mass is 362 g/mol. The Balaban J connectivity index is 2.03. The minimum absolute atomic E-state index is 0.0358. The fraction of sp³-hybridized carbons (Fsp3) is 0.316. The molecule has 1 heterocycles.